The Kier molecular flexibility index (Phi) is 4.94. The van der Waals surface area contributed by atoms with Crippen molar-refractivity contribution in [1.29, 1.82) is 0 Å². The molecule has 1 fully saturated rings. The summed E-state index contributed by atoms with van der Waals surface area (Å²) >= 11 is 0. The summed E-state index contributed by atoms with van der Waals surface area (Å²) in [5.41, 5.74) is 0. The topological polar surface area (TPSA) is 46.5 Å². The van der Waals surface area contributed by atoms with Gasteiger partial charge in [-0.15, -0.1) is 0 Å². The zero-order valence-corrected chi connectivity index (χ0v) is 8.87. The van der Waals surface area contributed by atoms with Crippen LogP contribution in [-0.4, -0.2) is 24.3 Å². The van der Waals surface area contributed by atoms with Crippen LogP contribution in [-0.2, 0) is 9.53 Å². The molecule has 0 aromatic carbocycles. The van der Waals surface area contributed by atoms with E-state index in [2.05, 4.69) is 0 Å². The number of hydrogen-bond donors (Lipinski definition) is 1. The van der Waals surface area contributed by atoms with E-state index in [1.54, 1.807) is 0 Å². The molecule has 1 saturated carbocycles. The highest BCUT2D eigenvalue weighted by atomic mass is 16.5. The van der Waals surface area contributed by atoms with Crippen molar-refractivity contribution in [1.82, 2.24) is 0 Å². The van der Waals surface area contributed by atoms with Gasteiger partial charge in [-0.3, -0.25) is 4.79 Å². The molecule has 14 heavy (non-hydrogen) atoms. The molecule has 3 heteroatoms. The van der Waals surface area contributed by atoms with Crippen LogP contribution < -0.4 is 0 Å². The van der Waals surface area contributed by atoms with Crippen molar-refractivity contribution in [3.05, 3.63) is 0 Å². The van der Waals surface area contributed by atoms with Crippen LogP contribution in [0.2, 0.25) is 0 Å². The zero-order valence-electron chi connectivity index (χ0n) is 8.87. The fraction of sp³-hybridized carbons (Fsp3) is 0.909. The zero-order chi connectivity index (χ0) is 10.4. The Bertz CT molecular complexity index is 171. The van der Waals surface area contributed by atoms with E-state index in [1.807, 2.05) is 6.92 Å². The number of rotatable bonds is 4. The van der Waals surface area contributed by atoms with Crippen molar-refractivity contribution < 1.29 is 14.6 Å². The minimum absolute atomic E-state index is 0.103. The molecule has 3 nitrogen and oxygen atoms in total. The summed E-state index contributed by atoms with van der Waals surface area (Å²) in [6.07, 6.45) is 4.78. The Morgan fingerprint density at radius 1 is 1.29 bits per heavy atom. The number of ether oxygens (including phenoxy) is 1. The van der Waals surface area contributed by atoms with Crippen molar-refractivity contribution in [3.8, 4) is 0 Å². The molecule has 0 aliphatic heterocycles. The molecule has 0 radical (unpaired) electrons. The van der Waals surface area contributed by atoms with Gasteiger partial charge in [0.25, 0.3) is 0 Å². The lowest BCUT2D eigenvalue weighted by Gasteiger charge is -2.26. The summed E-state index contributed by atoms with van der Waals surface area (Å²) in [6.45, 7) is 2.69. The lowest BCUT2D eigenvalue weighted by atomic mass is 9.83. The maximum atomic E-state index is 10.9. The van der Waals surface area contributed by atoms with Gasteiger partial charge < -0.3 is 9.84 Å². The Labute approximate surface area is 85.5 Å². The van der Waals surface area contributed by atoms with E-state index < -0.39 is 0 Å². The standard InChI is InChI=1S/C11H20O3/c1-2-11(13)14-8-10-5-3-9(7-12)4-6-10/h9-10,12H,2-8H2,1H3. The number of aliphatic hydroxyl groups excluding tert-OH is 1. The highest BCUT2D eigenvalue weighted by Gasteiger charge is 2.21. The van der Waals surface area contributed by atoms with E-state index in [9.17, 15) is 4.79 Å². The van der Waals surface area contributed by atoms with Crippen molar-refractivity contribution >= 4 is 5.97 Å². The predicted octanol–water partition coefficient (Wildman–Crippen LogP) is 1.74. The van der Waals surface area contributed by atoms with Crippen LogP contribution in [0.25, 0.3) is 0 Å². The van der Waals surface area contributed by atoms with E-state index in [0.717, 1.165) is 25.7 Å². The van der Waals surface area contributed by atoms with Gasteiger partial charge in [-0.25, -0.2) is 0 Å². The highest BCUT2D eigenvalue weighted by molar-refractivity contribution is 5.68. The van der Waals surface area contributed by atoms with Crippen LogP contribution in [0, 0.1) is 11.8 Å². The summed E-state index contributed by atoms with van der Waals surface area (Å²) < 4.78 is 5.10. The van der Waals surface area contributed by atoms with Crippen molar-refractivity contribution in [2.24, 2.45) is 11.8 Å². The van der Waals surface area contributed by atoms with E-state index >= 15 is 0 Å². The van der Waals surface area contributed by atoms with Crippen molar-refractivity contribution in [2.45, 2.75) is 39.0 Å². The molecule has 0 amide bonds. The summed E-state index contributed by atoms with van der Waals surface area (Å²) in [6, 6.07) is 0. The lowest BCUT2D eigenvalue weighted by molar-refractivity contribution is -0.145. The molecule has 0 saturated heterocycles. The van der Waals surface area contributed by atoms with Gasteiger partial charge in [-0.1, -0.05) is 6.92 Å². The Hall–Kier alpha value is -0.570. The molecule has 0 atom stereocenters. The molecule has 1 aliphatic carbocycles. The summed E-state index contributed by atoms with van der Waals surface area (Å²) in [4.78, 5) is 10.9. The lowest BCUT2D eigenvalue weighted by Crippen LogP contribution is -2.21. The van der Waals surface area contributed by atoms with E-state index in [1.165, 1.54) is 0 Å². The van der Waals surface area contributed by atoms with Crippen LogP contribution in [0.5, 0.6) is 0 Å². The Morgan fingerprint density at radius 3 is 2.36 bits per heavy atom. The van der Waals surface area contributed by atoms with Crippen LogP contribution in [0.4, 0.5) is 0 Å². The van der Waals surface area contributed by atoms with E-state index in [4.69, 9.17) is 9.84 Å². The number of aliphatic hydroxyl groups is 1. The molecule has 1 N–H and O–H groups in total. The molecule has 1 rings (SSSR count). The quantitative estimate of drug-likeness (QED) is 0.703. The second-order valence-corrected chi connectivity index (χ2v) is 4.11. The number of hydrogen-bond acceptors (Lipinski definition) is 3. The minimum atomic E-state index is -0.103. The Morgan fingerprint density at radius 2 is 1.86 bits per heavy atom. The third-order valence-electron chi connectivity index (χ3n) is 2.99. The molecule has 1 aliphatic rings. The van der Waals surface area contributed by atoms with Gasteiger partial charge in [0.05, 0.1) is 6.61 Å². The first kappa shape index (κ1) is 11.5. The smallest absolute Gasteiger partial charge is 0.305 e. The predicted molar refractivity (Wildman–Crippen MR) is 53.8 cm³/mol. The van der Waals surface area contributed by atoms with Gasteiger partial charge in [-0.05, 0) is 37.5 Å². The first-order valence-electron chi connectivity index (χ1n) is 5.52. The Balaban J connectivity index is 2.13. The van der Waals surface area contributed by atoms with Crippen LogP contribution >= 0.6 is 0 Å². The molecule has 82 valence electrons. The molecule has 0 heterocycles. The van der Waals surface area contributed by atoms with Crippen LogP contribution in [0.1, 0.15) is 39.0 Å². The first-order valence-corrected chi connectivity index (χ1v) is 5.52. The maximum absolute atomic E-state index is 10.9. The largest absolute Gasteiger partial charge is 0.465 e. The van der Waals surface area contributed by atoms with Crippen molar-refractivity contribution in [3.63, 3.8) is 0 Å². The monoisotopic (exact) mass is 200 g/mol. The fourth-order valence-corrected chi connectivity index (χ4v) is 1.89. The third kappa shape index (κ3) is 3.66. The van der Waals surface area contributed by atoms with Gasteiger partial charge in [0.1, 0.15) is 0 Å². The normalized spacial score (nSPS) is 27.3. The molecule has 0 aromatic rings. The molecular formula is C11H20O3. The highest BCUT2D eigenvalue weighted by Crippen LogP contribution is 2.28. The molecule has 0 bridgehead atoms. The van der Waals surface area contributed by atoms with Crippen molar-refractivity contribution in [2.75, 3.05) is 13.2 Å². The number of carbonyl (C=O) groups is 1. The van der Waals surface area contributed by atoms with Crippen LogP contribution in [0.3, 0.4) is 0 Å². The fourth-order valence-electron chi connectivity index (χ4n) is 1.89. The number of carbonyl (C=O) groups excluding carboxylic acids is 1. The van der Waals surface area contributed by atoms with E-state index in [0.29, 0.717) is 31.5 Å². The summed E-state index contributed by atoms with van der Waals surface area (Å²) in [7, 11) is 0. The molecular weight excluding hydrogens is 180 g/mol. The van der Waals surface area contributed by atoms with Gasteiger partial charge in [0, 0.05) is 13.0 Å². The average Bonchev–Trinajstić information content (AvgIpc) is 2.26. The third-order valence-corrected chi connectivity index (χ3v) is 2.99. The van der Waals surface area contributed by atoms with Gasteiger partial charge >= 0.3 is 5.97 Å². The molecule has 0 aromatic heterocycles. The van der Waals surface area contributed by atoms with Gasteiger partial charge in [0.15, 0.2) is 0 Å². The van der Waals surface area contributed by atoms with Gasteiger partial charge in [0.2, 0.25) is 0 Å². The molecule has 0 spiro atoms. The van der Waals surface area contributed by atoms with Crippen LogP contribution in [0.15, 0.2) is 0 Å². The summed E-state index contributed by atoms with van der Waals surface area (Å²) in [5, 5.41) is 8.95. The second kappa shape index (κ2) is 6.02. The SMILES string of the molecule is CCC(=O)OCC1CCC(CO)CC1. The average molecular weight is 200 g/mol. The first-order chi connectivity index (χ1) is 6.76. The second-order valence-electron chi connectivity index (χ2n) is 4.11. The number of esters is 1. The van der Waals surface area contributed by atoms with E-state index in [-0.39, 0.29) is 5.97 Å². The minimum Gasteiger partial charge on any atom is -0.465 e. The summed E-state index contributed by atoms with van der Waals surface area (Å²) in [5.74, 6) is 0.899. The molecule has 0 unspecified atom stereocenters. The maximum Gasteiger partial charge on any atom is 0.305 e. The van der Waals surface area contributed by atoms with Gasteiger partial charge in [-0.2, -0.15) is 0 Å².